The number of carbonyl (C=O) groups is 1. The van der Waals surface area contributed by atoms with Crippen LogP contribution in [0.25, 0.3) is 0 Å². The average Bonchev–Trinajstić information content (AvgIpc) is 2.10. The van der Waals surface area contributed by atoms with Crippen molar-refractivity contribution in [3.63, 3.8) is 0 Å². The quantitative estimate of drug-likeness (QED) is 0.682. The lowest BCUT2D eigenvalue weighted by molar-refractivity contribution is -0.270. The van der Waals surface area contributed by atoms with Crippen molar-refractivity contribution in [3.05, 3.63) is 0 Å². The maximum atomic E-state index is 10.9. The Bertz CT molecular complexity index is 238. The molecule has 0 aromatic carbocycles. The molecule has 0 radical (unpaired) electrons. The van der Waals surface area contributed by atoms with E-state index in [0.29, 0.717) is 0 Å². The van der Waals surface area contributed by atoms with Gasteiger partial charge in [-0.2, -0.15) is 0 Å². The predicted octanol–water partition coefficient (Wildman–Crippen LogP) is 0.450. The first kappa shape index (κ1) is 12.4. The second-order valence-corrected chi connectivity index (χ2v) is 4.10. The van der Waals surface area contributed by atoms with Crippen LogP contribution in [0.5, 0.6) is 0 Å². The van der Waals surface area contributed by atoms with Crippen LogP contribution in [0.1, 0.15) is 27.2 Å². The molecule has 5 heteroatoms. The Balaban J connectivity index is 2.74. The van der Waals surface area contributed by atoms with Crippen molar-refractivity contribution in [1.29, 1.82) is 0 Å². The van der Waals surface area contributed by atoms with Crippen LogP contribution in [0.3, 0.4) is 0 Å². The van der Waals surface area contributed by atoms with Gasteiger partial charge >= 0.3 is 5.97 Å². The third kappa shape index (κ3) is 2.90. The van der Waals surface area contributed by atoms with Crippen molar-refractivity contribution in [1.82, 2.24) is 0 Å². The molecular formula is C10H18O5. The molecule has 15 heavy (non-hydrogen) atoms. The third-order valence-electron chi connectivity index (χ3n) is 2.54. The molecule has 0 spiro atoms. The van der Waals surface area contributed by atoms with Gasteiger partial charge in [-0.3, -0.25) is 4.79 Å². The van der Waals surface area contributed by atoms with Crippen molar-refractivity contribution in [2.24, 2.45) is 0 Å². The van der Waals surface area contributed by atoms with Gasteiger partial charge in [-0.05, 0) is 13.8 Å². The van der Waals surface area contributed by atoms with Crippen molar-refractivity contribution < 1.29 is 24.1 Å². The Morgan fingerprint density at radius 3 is 2.60 bits per heavy atom. The fourth-order valence-electron chi connectivity index (χ4n) is 1.86. The van der Waals surface area contributed by atoms with Crippen LogP contribution >= 0.6 is 0 Å². The van der Waals surface area contributed by atoms with E-state index in [0.717, 1.165) is 0 Å². The highest BCUT2D eigenvalue weighted by Crippen LogP contribution is 2.31. The Kier molecular flexibility index (Phi) is 3.70. The fourth-order valence-corrected chi connectivity index (χ4v) is 1.86. The summed E-state index contributed by atoms with van der Waals surface area (Å²) in [5.74, 6) is -0.424. The van der Waals surface area contributed by atoms with Gasteiger partial charge in [-0.25, -0.2) is 0 Å². The van der Waals surface area contributed by atoms with Gasteiger partial charge < -0.3 is 19.3 Å². The Labute approximate surface area is 89.3 Å². The minimum Gasteiger partial charge on any atom is -0.457 e. The summed E-state index contributed by atoms with van der Waals surface area (Å²) in [6.07, 6.45) is -1.21. The van der Waals surface area contributed by atoms with Gasteiger partial charge in [0.05, 0.1) is 6.10 Å². The summed E-state index contributed by atoms with van der Waals surface area (Å²) in [4.78, 5) is 10.9. The van der Waals surface area contributed by atoms with Crippen LogP contribution < -0.4 is 0 Å². The summed E-state index contributed by atoms with van der Waals surface area (Å²) in [7, 11) is 1.51. The van der Waals surface area contributed by atoms with E-state index in [2.05, 4.69) is 0 Å². The molecule has 1 aliphatic heterocycles. The predicted molar refractivity (Wildman–Crippen MR) is 52.1 cm³/mol. The second kappa shape index (κ2) is 4.47. The summed E-state index contributed by atoms with van der Waals surface area (Å²) >= 11 is 0. The lowest BCUT2D eigenvalue weighted by atomic mass is 9.88. The van der Waals surface area contributed by atoms with E-state index in [9.17, 15) is 9.90 Å². The summed E-state index contributed by atoms with van der Waals surface area (Å²) in [5, 5.41) is 10.1. The number of aliphatic hydroxyl groups is 1. The van der Waals surface area contributed by atoms with E-state index in [1.54, 1.807) is 13.8 Å². The number of rotatable bonds is 2. The SMILES string of the molecule is CO[C@@H]1C[C@](C)(O)[C@@H](OC(C)=O)[C@@H](C)O1. The summed E-state index contributed by atoms with van der Waals surface area (Å²) in [6, 6.07) is 0. The van der Waals surface area contributed by atoms with Crippen LogP contribution in [0.4, 0.5) is 0 Å². The van der Waals surface area contributed by atoms with Crippen LogP contribution in [0.2, 0.25) is 0 Å². The smallest absolute Gasteiger partial charge is 0.303 e. The molecule has 0 aromatic rings. The first-order valence-electron chi connectivity index (χ1n) is 4.94. The monoisotopic (exact) mass is 218 g/mol. The molecule has 5 nitrogen and oxygen atoms in total. The molecule has 1 fully saturated rings. The zero-order valence-electron chi connectivity index (χ0n) is 9.52. The Morgan fingerprint density at radius 2 is 2.20 bits per heavy atom. The number of methoxy groups -OCH3 is 1. The highest BCUT2D eigenvalue weighted by molar-refractivity contribution is 5.66. The summed E-state index contributed by atoms with van der Waals surface area (Å²) < 4.78 is 15.5. The molecule has 88 valence electrons. The summed E-state index contributed by atoms with van der Waals surface area (Å²) in [6.45, 7) is 4.67. The molecule has 0 unspecified atom stereocenters. The molecular weight excluding hydrogens is 200 g/mol. The molecule has 0 amide bonds. The summed E-state index contributed by atoms with van der Waals surface area (Å²) in [5.41, 5.74) is -1.12. The average molecular weight is 218 g/mol. The second-order valence-electron chi connectivity index (χ2n) is 4.10. The molecule has 1 heterocycles. The van der Waals surface area contributed by atoms with Crippen molar-refractivity contribution in [3.8, 4) is 0 Å². The largest absolute Gasteiger partial charge is 0.457 e. The molecule has 0 aromatic heterocycles. The molecule has 1 N–H and O–H groups in total. The lowest BCUT2D eigenvalue weighted by Gasteiger charge is -2.43. The molecule has 0 bridgehead atoms. The van der Waals surface area contributed by atoms with Gasteiger partial charge in [0.25, 0.3) is 0 Å². The number of hydrogen-bond donors (Lipinski definition) is 1. The highest BCUT2D eigenvalue weighted by atomic mass is 16.7. The van der Waals surface area contributed by atoms with Gasteiger partial charge in [0.1, 0.15) is 5.60 Å². The number of carbonyl (C=O) groups excluding carboxylic acids is 1. The van der Waals surface area contributed by atoms with Gasteiger partial charge in [-0.1, -0.05) is 0 Å². The minimum atomic E-state index is -1.12. The van der Waals surface area contributed by atoms with Crippen molar-refractivity contribution >= 4 is 5.97 Å². The van der Waals surface area contributed by atoms with Crippen LogP contribution in [0.15, 0.2) is 0 Å². The van der Waals surface area contributed by atoms with E-state index >= 15 is 0 Å². The fraction of sp³-hybridized carbons (Fsp3) is 0.900. The molecule has 0 saturated carbocycles. The molecule has 1 saturated heterocycles. The highest BCUT2D eigenvalue weighted by Gasteiger charge is 2.46. The lowest BCUT2D eigenvalue weighted by Crippen LogP contribution is -2.56. The van der Waals surface area contributed by atoms with Crippen molar-refractivity contribution in [2.75, 3.05) is 7.11 Å². The Morgan fingerprint density at radius 1 is 1.60 bits per heavy atom. The first-order valence-corrected chi connectivity index (χ1v) is 4.94. The molecule has 1 aliphatic rings. The van der Waals surface area contributed by atoms with Crippen LogP contribution in [0, 0.1) is 0 Å². The number of esters is 1. The van der Waals surface area contributed by atoms with E-state index in [1.165, 1.54) is 14.0 Å². The van der Waals surface area contributed by atoms with Crippen LogP contribution in [-0.4, -0.2) is 42.3 Å². The number of ether oxygens (including phenoxy) is 3. The molecule has 0 aliphatic carbocycles. The molecule has 4 atom stereocenters. The Hall–Kier alpha value is -0.650. The van der Waals surface area contributed by atoms with E-state index in [-0.39, 0.29) is 12.5 Å². The maximum Gasteiger partial charge on any atom is 0.303 e. The topological polar surface area (TPSA) is 65.0 Å². The minimum absolute atomic E-state index is 0.284. The third-order valence-corrected chi connectivity index (χ3v) is 2.54. The van der Waals surface area contributed by atoms with E-state index in [4.69, 9.17) is 14.2 Å². The zero-order valence-corrected chi connectivity index (χ0v) is 9.52. The van der Waals surface area contributed by atoms with Crippen molar-refractivity contribution in [2.45, 2.75) is 51.3 Å². The van der Waals surface area contributed by atoms with Gasteiger partial charge in [0.2, 0.25) is 0 Å². The zero-order chi connectivity index (χ0) is 11.6. The van der Waals surface area contributed by atoms with E-state index in [1.807, 2.05) is 0 Å². The van der Waals surface area contributed by atoms with Gasteiger partial charge in [0, 0.05) is 20.5 Å². The van der Waals surface area contributed by atoms with E-state index < -0.39 is 24.0 Å². The number of hydrogen-bond acceptors (Lipinski definition) is 5. The normalized spacial score (nSPS) is 41.3. The van der Waals surface area contributed by atoms with Gasteiger partial charge in [0.15, 0.2) is 12.4 Å². The van der Waals surface area contributed by atoms with Gasteiger partial charge in [-0.15, -0.1) is 0 Å². The van der Waals surface area contributed by atoms with Crippen LogP contribution in [-0.2, 0) is 19.0 Å². The maximum absolute atomic E-state index is 10.9. The standard InChI is InChI=1S/C10H18O5/c1-6-9(15-7(2)11)10(3,12)5-8(13-4)14-6/h6,8-9,12H,5H2,1-4H3/t6-,8+,9+,10+/m1/s1. The first-order chi connectivity index (χ1) is 6.86. The molecule has 1 rings (SSSR count).